The maximum atomic E-state index is 12.3. The fourth-order valence-electron chi connectivity index (χ4n) is 1.80. The number of para-hydroxylation sites is 1. The van der Waals surface area contributed by atoms with E-state index >= 15 is 0 Å². The van der Waals surface area contributed by atoms with E-state index in [4.69, 9.17) is 0 Å². The van der Waals surface area contributed by atoms with Crippen LogP contribution in [-0.4, -0.2) is 26.9 Å². The molecule has 0 aliphatic carbocycles. The van der Waals surface area contributed by atoms with Crippen molar-refractivity contribution < 1.29 is 18.0 Å². The molecule has 0 radical (unpaired) electrons. The molecule has 0 amide bonds. The van der Waals surface area contributed by atoms with Gasteiger partial charge in [0.25, 0.3) is 0 Å². The van der Waals surface area contributed by atoms with Gasteiger partial charge in [-0.05, 0) is 0 Å². The Balaban J connectivity index is 2.18. The van der Waals surface area contributed by atoms with E-state index in [1.807, 2.05) is 42.5 Å². The number of carbonyl (C=O) groups is 1. The molecule has 2 aromatic rings. The zero-order valence-electron chi connectivity index (χ0n) is 12.2. The second-order valence-corrected chi connectivity index (χ2v) is 7.07. The van der Waals surface area contributed by atoms with Crippen molar-refractivity contribution in [2.75, 3.05) is 5.32 Å². The number of anilines is 1. The summed E-state index contributed by atoms with van der Waals surface area (Å²) in [4.78, 5) is 11.0. The van der Waals surface area contributed by atoms with Crippen molar-refractivity contribution in [1.82, 2.24) is 0 Å². The first-order valence-corrected chi connectivity index (χ1v) is 8.46. The van der Waals surface area contributed by atoms with Crippen LogP contribution in [0.15, 0.2) is 66.4 Å². The summed E-state index contributed by atoms with van der Waals surface area (Å²) in [6.07, 6.45) is -4.28. The van der Waals surface area contributed by atoms with Gasteiger partial charge >= 0.3 is 138 Å². The molecule has 0 unspecified atom stereocenters. The molecule has 0 aliphatic heterocycles. The van der Waals surface area contributed by atoms with Gasteiger partial charge in [-0.3, -0.25) is 0 Å². The van der Waals surface area contributed by atoms with Crippen LogP contribution in [0.1, 0.15) is 6.92 Å². The zero-order valence-corrected chi connectivity index (χ0v) is 13.9. The molecule has 0 atom stereocenters. The summed E-state index contributed by atoms with van der Waals surface area (Å²) in [6, 6.07) is 17.2. The first kappa shape index (κ1) is 17.3. The fourth-order valence-corrected chi connectivity index (χ4v) is 3.74. The molecule has 0 saturated carbocycles. The quantitative estimate of drug-likeness (QED) is 0.635. The SMILES string of the molecule is CC(=CC(=O)C(F)(F)F)Nc1ccccc1[Se]c1ccccc1. The first-order chi connectivity index (χ1) is 10.9. The standard InChI is InChI=1S/C17H14F3NOSe/c1-12(11-16(22)17(18,19)20)21-14-9-5-6-10-15(14)23-13-7-3-2-4-8-13/h2-11,21H,1H3. The molecule has 0 aliphatic rings. The van der Waals surface area contributed by atoms with Crippen molar-refractivity contribution in [3.05, 3.63) is 66.4 Å². The molecule has 2 rings (SSSR count). The normalized spacial score (nSPS) is 12.1. The van der Waals surface area contributed by atoms with Crippen molar-refractivity contribution >= 4 is 35.4 Å². The van der Waals surface area contributed by atoms with E-state index < -0.39 is 12.0 Å². The van der Waals surface area contributed by atoms with Gasteiger partial charge in [-0.1, -0.05) is 0 Å². The molecule has 6 heteroatoms. The number of benzene rings is 2. The monoisotopic (exact) mass is 385 g/mol. The molecule has 0 aromatic heterocycles. The van der Waals surface area contributed by atoms with Gasteiger partial charge in [0.15, 0.2) is 0 Å². The number of rotatable bonds is 5. The van der Waals surface area contributed by atoms with E-state index in [0.29, 0.717) is 11.8 Å². The van der Waals surface area contributed by atoms with E-state index in [1.165, 1.54) is 6.92 Å². The summed E-state index contributed by atoms with van der Waals surface area (Å²) in [5.74, 6) is -1.87. The average molecular weight is 384 g/mol. The first-order valence-electron chi connectivity index (χ1n) is 6.74. The van der Waals surface area contributed by atoms with Crippen LogP contribution in [0, 0.1) is 0 Å². The van der Waals surface area contributed by atoms with Crippen LogP contribution in [0.3, 0.4) is 0 Å². The van der Waals surface area contributed by atoms with Crippen LogP contribution in [-0.2, 0) is 4.79 Å². The van der Waals surface area contributed by atoms with E-state index in [2.05, 4.69) is 5.32 Å². The second kappa shape index (κ2) is 7.49. The minimum absolute atomic E-state index is 0.0131. The molecule has 120 valence electrons. The van der Waals surface area contributed by atoms with Crippen LogP contribution in [0.25, 0.3) is 0 Å². The van der Waals surface area contributed by atoms with Crippen molar-refractivity contribution in [1.29, 1.82) is 0 Å². The molecule has 0 saturated heterocycles. The van der Waals surface area contributed by atoms with Gasteiger partial charge in [0.05, 0.1) is 0 Å². The zero-order chi connectivity index (χ0) is 16.9. The Morgan fingerprint density at radius 1 is 1.04 bits per heavy atom. The second-order valence-electron chi connectivity index (χ2n) is 4.73. The van der Waals surface area contributed by atoms with Gasteiger partial charge in [0, 0.05) is 0 Å². The molecule has 2 aromatic carbocycles. The van der Waals surface area contributed by atoms with E-state index in [1.54, 1.807) is 12.1 Å². The predicted molar refractivity (Wildman–Crippen MR) is 86.3 cm³/mol. The van der Waals surface area contributed by atoms with Gasteiger partial charge in [-0.2, -0.15) is 0 Å². The summed E-state index contributed by atoms with van der Waals surface area (Å²) in [5, 5.41) is 2.89. The van der Waals surface area contributed by atoms with Crippen LogP contribution in [0.4, 0.5) is 18.9 Å². The van der Waals surface area contributed by atoms with Crippen molar-refractivity contribution in [3.8, 4) is 0 Å². The van der Waals surface area contributed by atoms with Crippen LogP contribution in [0.5, 0.6) is 0 Å². The fraction of sp³-hybridized carbons (Fsp3) is 0.118. The summed E-state index contributed by atoms with van der Waals surface area (Å²) < 4.78 is 39.0. The average Bonchev–Trinajstić information content (AvgIpc) is 2.49. The Hall–Kier alpha value is -2.04. The molecule has 1 N–H and O–H groups in total. The third kappa shape index (κ3) is 5.27. The summed E-state index contributed by atoms with van der Waals surface area (Å²) >= 11 is 0.0131. The van der Waals surface area contributed by atoms with Gasteiger partial charge < -0.3 is 0 Å². The third-order valence-electron chi connectivity index (χ3n) is 2.82. The third-order valence-corrected chi connectivity index (χ3v) is 5.09. The van der Waals surface area contributed by atoms with Crippen molar-refractivity contribution in [3.63, 3.8) is 0 Å². The molecule has 0 heterocycles. The predicted octanol–water partition coefficient (Wildman–Crippen LogP) is 2.79. The van der Waals surface area contributed by atoms with Gasteiger partial charge in [0.2, 0.25) is 0 Å². The van der Waals surface area contributed by atoms with Crippen LogP contribution in [0.2, 0.25) is 0 Å². The number of ketones is 1. The number of hydrogen-bond donors (Lipinski definition) is 1. The summed E-state index contributed by atoms with van der Waals surface area (Å²) in [6.45, 7) is 1.44. The molecule has 0 spiro atoms. The molecule has 0 fully saturated rings. The summed E-state index contributed by atoms with van der Waals surface area (Å²) in [5.41, 5.74) is 0.865. The minimum atomic E-state index is -4.85. The number of allylic oxidation sites excluding steroid dienone is 2. The number of alkyl halides is 3. The Labute approximate surface area is 138 Å². The number of hydrogen-bond acceptors (Lipinski definition) is 2. The van der Waals surface area contributed by atoms with E-state index in [0.717, 1.165) is 8.92 Å². The Bertz CT molecular complexity index is 711. The van der Waals surface area contributed by atoms with E-state index in [9.17, 15) is 18.0 Å². The Morgan fingerprint density at radius 3 is 2.30 bits per heavy atom. The molecular weight excluding hydrogens is 370 g/mol. The van der Waals surface area contributed by atoms with E-state index in [-0.39, 0.29) is 20.7 Å². The molecule has 23 heavy (non-hydrogen) atoms. The number of nitrogens with one attached hydrogen (secondary N) is 1. The molecule has 0 bridgehead atoms. The van der Waals surface area contributed by atoms with Crippen LogP contribution < -0.4 is 14.2 Å². The van der Waals surface area contributed by atoms with Gasteiger partial charge in [-0.15, -0.1) is 0 Å². The van der Waals surface area contributed by atoms with Crippen LogP contribution >= 0.6 is 0 Å². The van der Waals surface area contributed by atoms with Crippen molar-refractivity contribution in [2.45, 2.75) is 13.1 Å². The Morgan fingerprint density at radius 2 is 1.65 bits per heavy atom. The molecular formula is C17H14F3NOSe. The Kier molecular flexibility index (Phi) is 5.64. The van der Waals surface area contributed by atoms with Gasteiger partial charge in [0.1, 0.15) is 0 Å². The summed E-state index contributed by atoms with van der Waals surface area (Å²) in [7, 11) is 0. The number of halogens is 3. The number of carbonyl (C=O) groups excluding carboxylic acids is 1. The topological polar surface area (TPSA) is 29.1 Å². The molecule has 2 nitrogen and oxygen atoms in total. The van der Waals surface area contributed by atoms with Gasteiger partial charge in [-0.25, -0.2) is 0 Å². The maximum absolute atomic E-state index is 12.3. The van der Waals surface area contributed by atoms with Crippen molar-refractivity contribution in [2.24, 2.45) is 0 Å².